The summed E-state index contributed by atoms with van der Waals surface area (Å²) in [5, 5.41) is 9.55. The third-order valence-electron chi connectivity index (χ3n) is 3.64. The van der Waals surface area contributed by atoms with E-state index in [2.05, 4.69) is 23.8 Å². The van der Waals surface area contributed by atoms with Gasteiger partial charge in [0, 0.05) is 0 Å². The number of phosphoric acid groups is 2. The maximum Gasteiger partial charge on any atom is 0.481 e. The van der Waals surface area contributed by atoms with E-state index in [1.807, 2.05) is 0 Å². The number of imidazole rings is 1. The second-order valence-corrected chi connectivity index (χ2v) is 8.16. The van der Waals surface area contributed by atoms with E-state index in [-0.39, 0.29) is 12.4 Å². The molecule has 2 aromatic heterocycles. The highest BCUT2D eigenvalue weighted by Crippen LogP contribution is 2.58. The van der Waals surface area contributed by atoms with Crippen LogP contribution in [0.4, 0.5) is 5.82 Å². The Kier molecular flexibility index (Phi) is 5.14. The van der Waals surface area contributed by atoms with E-state index in [9.17, 15) is 19.1 Å². The Morgan fingerprint density at radius 2 is 2.00 bits per heavy atom. The minimum Gasteiger partial charge on any atom is -0.396 e. The second kappa shape index (κ2) is 6.93. The first-order chi connectivity index (χ1) is 12.1. The molecule has 1 aliphatic heterocycles. The molecule has 16 heteroatoms. The van der Waals surface area contributed by atoms with E-state index in [1.54, 1.807) is 0 Å². The summed E-state index contributed by atoms with van der Waals surface area (Å²) in [5.41, 5.74) is 6.42. The first-order valence-corrected chi connectivity index (χ1v) is 10.1. The van der Waals surface area contributed by atoms with Gasteiger partial charge >= 0.3 is 15.6 Å². The minimum absolute atomic E-state index is 0.171. The molecule has 0 amide bonds. The zero-order chi connectivity index (χ0) is 19.1. The van der Waals surface area contributed by atoms with Crippen LogP contribution in [0.2, 0.25) is 0 Å². The summed E-state index contributed by atoms with van der Waals surface area (Å²) < 4.78 is 37.3. The summed E-state index contributed by atoms with van der Waals surface area (Å²) in [7, 11) is -10.2. The summed E-state index contributed by atoms with van der Waals surface area (Å²) in [6, 6.07) is 0. The normalized spacial score (nSPS) is 25.8. The highest BCUT2D eigenvalue weighted by molar-refractivity contribution is 7.60. The molecule has 0 spiro atoms. The van der Waals surface area contributed by atoms with Crippen molar-refractivity contribution in [1.82, 2.24) is 19.5 Å². The van der Waals surface area contributed by atoms with E-state index < -0.39 is 40.5 Å². The van der Waals surface area contributed by atoms with Crippen LogP contribution in [0.5, 0.6) is 0 Å². The second-order valence-electron chi connectivity index (χ2n) is 5.33. The predicted molar refractivity (Wildman–Crippen MR) is 83.1 cm³/mol. The van der Waals surface area contributed by atoms with Crippen LogP contribution in [0.25, 0.3) is 11.2 Å². The number of nitrogens with two attached hydrogens (primary N) is 1. The Morgan fingerprint density at radius 3 is 2.65 bits per heavy atom. The number of nitrogen functional groups attached to an aromatic ring is 1. The summed E-state index contributed by atoms with van der Waals surface area (Å²) in [5.74, 6) is -0.400. The Hall–Kier alpha value is -1.47. The number of aliphatic hydroxyl groups excluding tert-OH is 1. The van der Waals surface area contributed by atoms with E-state index in [0.717, 1.165) is 0 Å². The number of aliphatic hydroxyl groups is 1. The number of nitrogens with zero attached hydrogens (tertiary/aromatic N) is 4. The van der Waals surface area contributed by atoms with Crippen molar-refractivity contribution < 1.29 is 42.5 Å². The molecule has 14 nitrogen and oxygen atoms in total. The molecule has 1 aliphatic rings. The fourth-order valence-corrected chi connectivity index (χ4v) is 4.10. The van der Waals surface area contributed by atoms with Crippen LogP contribution in [0.15, 0.2) is 12.7 Å². The Labute approximate surface area is 145 Å². The van der Waals surface area contributed by atoms with E-state index in [1.165, 1.54) is 17.2 Å². The standard InChI is InChI=1S/C10H15N5O9P2/c11-8-7-9(13-3-12-8)15(4-14-7)10-5(1-16)6(23-10)2-22-26(20,21)24-25(17,18)19/h3-6,10,16H,1-2H2,(H,20,21)(H2,11,12,13)(H2,17,18,19)/t5-,6-,10-/m1/s1. The lowest BCUT2D eigenvalue weighted by molar-refractivity contribution is -0.242. The molecule has 2 aromatic rings. The fraction of sp³-hybridized carbons (Fsp3) is 0.500. The number of rotatable bonds is 7. The molecular formula is C10H15N5O9P2. The van der Waals surface area contributed by atoms with Crippen molar-refractivity contribution in [3.8, 4) is 0 Å². The lowest BCUT2D eigenvalue weighted by Crippen LogP contribution is -2.49. The van der Waals surface area contributed by atoms with Crippen LogP contribution in [-0.2, 0) is 22.7 Å². The molecule has 6 N–H and O–H groups in total. The number of fused-ring (bicyclic) bond motifs is 1. The largest absolute Gasteiger partial charge is 0.481 e. The predicted octanol–water partition coefficient (Wildman–Crippen LogP) is -0.859. The van der Waals surface area contributed by atoms with Gasteiger partial charge in [-0.3, -0.25) is 9.09 Å². The zero-order valence-electron chi connectivity index (χ0n) is 12.9. The average Bonchev–Trinajstić information content (AvgIpc) is 2.89. The molecule has 0 bridgehead atoms. The average molecular weight is 411 g/mol. The number of phosphoric ester groups is 1. The molecule has 1 fully saturated rings. The number of ether oxygens (including phenoxy) is 1. The highest BCUT2D eigenvalue weighted by Gasteiger charge is 2.45. The van der Waals surface area contributed by atoms with E-state index in [0.29, 0.717) is 11.2 Å². The summed E-state index contributed by atoms with van der Waals surface area (Å²) in [6.07, 6.45) is 1.11. The lowest BCUT2D eigenvalue weighted by Gasteiger charge is -2.44. The van der Waals surface area contributed by atoms with Gasteiger partial charge in [-0.2, -0.15) is 4.31 Å². The van der Waals surface area contributed by atoms with Crippen molar-refractivity contribution in [3.05, 3.63) is 12.7 Å². The van der Waals surface area contributed by atoms with Gasteiger partial charge in [0.15, 0.2) is 11.5 Å². The number of hydrogen-bond donors (Lipinski definition) is 5. The molecule has 1 unspecified atom stereocenters. The van der Waals surface area contributed by atoms with Gasteiger partial charge in [-0.1, -0.05) is 0 Å². The van der Waals surface area contributed by atoms with Crippen LogP contribution in [-0.4, -0.2) is 58.6 Å². The molecule has 0 radical (unpaired) electrons. The quantitative estimate of drug-likeness (QED) is 0.351. The van der Waals surface area contributed by atoms with Crippen LogP contribution in [0.3, 0.4) is 0 Å². The molecule has 3 heterocycles. The Morgan fingerprint density at radius 1 is 1.27 bits per heavy atom. The Bertz CT molecular complexity index is 900. The summed E-state index contributed by atoms with van der Waals surface area (Å²) in [6.45, 7) is -0.909. The van der Waals surface area contributed by atoms with Crippen LogP contribution in [0, 0.1) is 5.92 Å². The Balaban J connectivity index is 1.68. The number of anilines is 1. The van der Waals surface area contributed by atoms with Crippen LogP contribution < -0.4 is 5.73 Å². The van der Waals surface area contributed by atoms with E-state index in [4.69, 9.17) is 20.3 Å². The van der Waals surface area contributed by atoms with E-state index >= 15 is 0 Å². The van der Waals surface area contributed by atoms with Gasteiger partial charge in [0.05, 0.1) is 31.6 Å². The number of hydrogen-bond acceptors (Lipinski definition) is 10. The van der Waals surface area contributed by atoms with Crippen molar-refractivity contribution >= 4 is 32.6 Å². The van der Waals surface area contributed by atoms with Crippen LogP contribution >= 0.6 is 15.6 Å². The van der Waals surface area contributed by atoms with Gasteiger partial charge in [0.1, 0.15) is 18.1 Å². The minimum atomic E-state index is -5.21. The summed E-state index contributed by atoms with van der Waals surface area (Å²) in [4.78, 5) is 38.3. The molecule has 0 aromatic carbocycles. The SMILES string of the molecule is Nc1ncnc2c1ncn2[C@@H]1O[C@H](COP(=O)(O)OP(=O)(O)O)[C@H]1CO. The molecule has 1 saturated heterocycles. The molecule has 144 valence electrons. The molecule has 3 rings (SSSR count). The maximum atomic E-state index is 11.4. The van der Waals surface area contributed by atoms with Gasteiger partial charge in [-0.25, -0.2) is 24.1 Å². The topological polar surface area (TPSA) is 212 Å². The van der Waals surface area contributed by atoms with Crippen molar-refractivity contribution in [2.24, 2.45) is 5.92 Å². The first kappa shape index (κ1) is 19.3. The van der Waals surface area contributed by atoms with Crippen molar-refractivity contribution in [1.29, 1.82) is 0 Å². The van der Waals surface area contributed by atoms with Gasteiger partial charge in [0.25, 0.3) is 0 Å². The van der Waals surface area contributed by atoms with Crippen molar-refractivity contribution in [3.63, 3.8) is 0 Å². The highest BCUT2D eigenvalue weighted by atomic mass is 31.3. The number of aromatic nitrogens is 4. The summed E-state index contributed by atoms with van der Waals surface area (Å²) >= 11 is 0. The molecule has 4 atom stereocenters. The molecule has 0 aliphatic carbocycles. The molecular weight excluding hydrogens is 396 g/mol. The van der Waals surface area contributed by atoms with Crippen molar-refractivity contribution in [2.45, 2.75) is 12.3 Å². The maximum absolute atomic E-state index is 11.4. The third-order valence-corrected chi connectivity index (χ3v) is 5.79. The fourth-order valence-electron chi connectivity index (χ4n) is 2.50. The van der Waals surface area contributed by atoms with Gasteiger partial charge in [0.2, 0.25) is 0 Å². The van der Waals surface area contributed by atoms with Crippen LogP contribution in [0.1, 0.15) is 6.23 Å². The zero-order valence-corrected chi connectivity index (χ0v) is 14.7. The third kappa shape index (κ3) is 3.93. The van der Waals surface area contributed by atoms with Gasteiger partial charge < -0.3 is 30.3 Å². The van der Waals surface area contributed by atoms with Crippen molar-refractivity contribution in [2.75, 3.05) is 18.9 Å². The smallest absolute Gasteiger partial charge is 0.396 e. The molecule has 26 heavy (non-hydrogen) atoms. The first-order valence-electron chi connectivity index (χ1n) is 7.05. The van der Waals surface area contributed by atoms with Gasteiger partial charge in [-0.05, 0) is 0 Å². The van der Waals surface area contributed by atoms with Gasteiger partial charge in [-0.15, -0.1) is 0 Å². The lowest BCUT2D eigenvalue weighted by atomic mass is 9.95. The molecule has 0 saturated carbocycles. The monoisotopic (exact) mass is 411 g/mol.